The van der Waals surface area contributed by atoms with Crippen LogP contribution in [0, 0.1) is 5.41 Å². The quantitative estimate of drug-likeness (QED) is 0.449. The highest BCUT2D eigenvalue weighted by molar-refractivity contribution is 5.80. The topological polar surface area (TPSA) is 49.9 Å². The van der Waals surface area contributed by atoms with Crippen LogP contribution in [0.1, 0.15) is 6.92 Å². The van der Waals surface area contributed by atoms with E-state index in [1.54, 1.807) is 6.08 Å². The Kier molecular flexibility index (Phi) is 3.96. The fourth-order valence-corrected chi connectivity index (χ4v) is 0.390. The lowest BCUT2D eigenvalue weighted by molar-refractivity contribution is 1.38. The van der Waals surface area contributed by atoms with Gasteiger partial charge in [-0.2, -0.15) is 0 Å². The summed E-state index contributed by atoms with van der Waals surface area (Å²) in [5, 5.41) is 6.81. The lowest BCUT2D eigenvalue weighted by atomic mass is 10.2. The summed E-state index contributed by atoms with van der Waals surface area (Å²) in [6.07, 6.45) is 6.52. The van der Waals surface area contributed by atoms with Gasteiger partial charge in [0.15, 0.2) is 0 Å². The molecule has 3 N–H and O–H groups in total. The molecule has 0 saturated carbocycles. The fraction of sp³-hybridized carbons (Fsp3) is 0.125. The molecule has 0 aromatic heterocycles. The molecular weight excluding hydrogens is 124 g/mol. The highest BCUT2D eigenvalue weighted by Crippen LogP contribution is 1.95. The van der Waals surface area contributed by atoms with Crippen molar-refractivity contribution in [3.8, 4) is 0 Å². The number of rotatable bonds is 3. The van der Waals surface area contributed by atoms with E-state index in [0.29, 0.717) is 11.3 Å². The number of allylic oxidation sites excluding steroid dienone is 4. The Hall–Kier alpha value is -1.31. The molecule has 0 unspecified atom stereocenters. The molecule has 0 aromatic rings. The second-order valence-electron chi connectivity index (χ2n) is 1.82. The summed E-state index contributed by atoms with van der Waals surface area (Å²) in [5.74, 6) is 0. The van der Waals surface area contributed by atoms with Crippen LogP contribution in [-0.2, 0) is 0 Å². The molecule has 0 saturated heterocycles. The summed E-state index contributed by atoms with van der Waals surface area (Å²) in [6, 6.07) is 0. The zero-order chi connectivity index (χ0) is 7.98. The van der Waals surface area contributed by atoms with Crippen molar-refractivity contribution in [2.45, 2.75) is 6.92 Å². The molecule has 0 aromatic carbocycles. The molecular formula is C8H12N2. The van der Waals surface area contributed by atoms with Gasteiger partial charge in [-0.3, -0.25) is 0 Å². The molecule has 2 nitrogen and oxygen atoms in total. The summed E-state index contributed by atoms with van der Waals surface area (Å²) in [6.45, 7) is 5.46. The van der Waals surface area contributed by atoms with E-state index in [-0.39, 0.29) is 0 Å². The molecule has 0 bridgehead atoms. The van der Waals surface area contributed by atoms with Gasteiger partial charge in [-0.25, -0.2) is 0 Å². The molecule has 0 atom stereocenters. The Morgan fingerprint density at radius 3 is 2.60 bits per heavy atom. The Balaban J connectivity index is 4.18. The second-order valence-corrected chi connectivity index (χ2v) is 1.82. The van der Waals surface area contributed by atoms with Gasteiger partial charge in [-0.1, -0.05) is 18.7 Å². The van der Waals surface area contributed by atoms with Crippen molar-refractivity contribution in [3.63, 3.8) is 0 Å². The molecule has 54 valence electrons. The Bertz CT molecular complexity index is 187. The van der Waals surface area contributed by atoms with E-state index in [0.717, 1.165) is 6.21 Å². The monoisotopic (exact) mass is 136 g/mol. The molecule has 0 spiro atoms. The van der Waals surface area contributed by atoms with Gasteiger partial charge in [-0.05, 0) is 13.0 Å². The lowest BCUT2D eigenvalue weighted by Crippen LogP contribution is -1.99. The summed E-state index contributed by atoms with van der Waals surface area (Å²) >= 11 is 0. The zero-order valence-corrected chi connectivity index (χ0v) is 6.09. The first-order valence-corrected chi connectivity index (χ1v) is 3.00. The summed E-state index contributed by atoms with van der Waals surface area (Å²) < 4.78 is 0. The molecule has 0 rings (SSSR count). The van der Waals surface area contributed by atoms with Crippen molar-refractivity contribution in [1.29, 1.82) is 5.41 Å². The van der Waals surface area contributed by atoms with E-state index < -0.39 is 0 Å². The first-order valence-electron chi connectivity index (χ1n) is 3.00. The van der Waals surface area contributed by atoms with Crippen LogP contribution in [0.5, 0.6) is 0 Å². The summed E-state index contributed by atoms with van der Waals surface area (Å²) in [5.41, 5.74) is 6.55. The molecule has 0 aliphatic rings. The van der Waals surface area contributed by atoms with Crippen LogP contribution in [-0.4, -0.2) is 6.21 Å². The van der Waals surface area contributed by atoms with E-state index in [2.05, 4.69) is 6.58 Å². The molecule has 2 heteroatoms. The van der Waals surface area contributed by atoms with Crippen LogP contribution < -0.4 is 5.73 Å². The minimum Gasteiger partial charge on any atom is -0.398 e. The van der Waals surface area contributed by atoms with Crippen molar-refractivity contribution in [2.24, 2.45) is 5.73 Å². The molecule has 0 radical (unpaired) electrons. The molecule has 0 heterocycles. The van der Waals surface area contributed by atoms with Crippen molar-refractivity contribution < 1.29 is 0 Å². The van der Waals surface area contributed by atoms with Gasteiger partial charge in [0.2, 0.25) is 0 Å². The predicted molar refractivity (Wildman–Crippen MR) is 45.0 cm³/mol. The highest BCUT2D eigenvalue weighted by atomic mass is 14.6. The number of hydrogen-bond donors (Lipinski definition) is 2. The van der Waals surface area contributed by atoms with Crippen LogP contribution in [0.15, 0.2) is 36.1 Å². The van der Waals surface area contributed by atoms with E-state index in [4.69, 9.17) is 11.1 Å². The van der Waals surface area contributed by atoms with Crippen LogP contribution >= 0.6 is 0 Å². The number of hydrogen-bond acceptors (Lipinski definition) is 2. The Morgan fingerprint density at radius 1 is 1.60 bits per heavy atom. The summed E-state index contributed by atoms with van der Waals surface area (Å²) in [7, 11) is 0. The van der Waals surface area contributed by atoms with Crippen LogP contribution in [0.2, 0.25) is 0 Å². The molecule has 0 aliphatic heterocycles. The Morgan fingerprint density at radius 2 is 2.20 bits per heavy atom. The number of nitrogens with two attached hydrogens (primary N) is 1. The Labute approximate surface area is 61.3 Å². The minimum atomic E-state index is 0.535. The second kappa shape index (κ2) is 4.56. The average Bonchev–Trinajstić information content (AvgIpc) is 1.98. The average molecular weight is 136 g/mol. The standard InChI is InChI=1S/C8H12N2/c1-3-4-5-8(10)7(2)6-9/h3-6,9H,2,10H2,1H3/b4-3-,8-5+,9-6?. The molecule has 10 heavy (non-hydrogen) atoms. The maximum atomic E-state index is 6.81. The smallest absolute Gasteiger partial charge is 0.0396 e. The van der Waals surface area contributed by atoms with Crippen molar-refractivity contribution in [3.05, 3.63) is 36.1 Å². The van der Waals surface area contributed by atoms with E-state index in [9.17, 15) is 0 Å². The maximum Gasteiger partial charge on any atom is 0.0396 e. The normalized spacial score (nSPS) is 11.9. The zero-order valence-electron chi connectivity index (χ0n) is 6.09. The van der Waals surface area contributed by atoms with Gasteiger partial charge in [0.25, 0.3) is 0 Å². The number of nitrogens with one attached hydrogen (secondary N) is 1. The van der Waals surface area contributed by atoms with Gasteiger partial charge < -0.3 is 11.1 Å². The predicted octanol–water partition coefficient (Wildman–Crippen LogP) is 1.61. The first-order chi connectivity index (χ1) is 4.72. The summed E-state index contributed by atoms with van der Waals surface area (Å²) in [4.78, 5) is 0. The third-order valence-corrected chi connectivity index (χ3v) is 1.01. The van der Waals surface area contributed by atoms with Crippen molar-refractivity contribution >= 4 is 6.21 Å². The van der Waals surface area contributed by atoms with Crippen molar-refractivity contribution in [1.82, 2.24) is 0 Å². The highest BCUT2D eigenvalue weighted by Gasteiger charge is 1.88. The largest absolute Gasteiger partial charge is 0.398 e. The third kappa shape index (κ3) is 2.87. The SMILES string of the molecule is C=C(C=N)/C(N)=C\C=C/C. The van der Waals surface area contributed by atoms with Crippen LogP contribution in [0.25, 0.3) is 0 Å². The van der Waals surface area contributed by atoms with Gasteiger partial charge >= 0.3 is 0 Å². The molecule has 0 fully saturated rings. The third-order valence-electron chi connectivity index (χ3n) is 1.01. The minimum absolute atomic E-state index is 0.535. The van der Waals surface area contributed by atoms with Crippen molar-refractivity contribution in [2.75, 3.05) is 0 Å². The molecule has 0 amide bonds. The van der Waals surface area contributed by atoms with E-state index in [1.165, 1.54) is 0 Å². The fourth-order valence-electron chi connectivity index (χ4n) is 0.390. The van der Waals surface area contributed by atoms with Gasteiger partial charge in [-0.15, -0.1) is 0 Å². The van der Waals surface area contributed by atoms with Gasteiger partial charge in [0.05, 0.1) is 0 Å². The van der Waals surface area contributed by atoms with Gasteiger partial charge in [0, 0.05) is 17.5 Å². The van der Waals surface area contributed by atoms with E-state index in [1.807, 2.05) is 19.1 Å². The maximum absolute atomic E-state index is 6.81. The first kappa shape index (κ1) is 8.69. The van der Waals surface area contributed by atoms with E-state index >= 15 is 0 Å². The lowest BCUT2D eigenvalue weighted by Gasteiger charge is -1.94. The molecule has 0 aliphatic carbocycles. The van der Waals surface area contributed by atoms with Crippen LogP contribution in [0.4, 0.5) is 0 Å². The van der Waals surface area contributed by atoms with Gasteiger partial charge in [0.1, 0.15) is 0 Å². The van der Waals surface area contributed by atoms with Crippen LogP contribution in [0.3, 0.4) is 0 Å².